The van der Waals surface area contributed by atoms with Crippen molar-refractivity contribution in [2.24, 2.45) is 0 Å². The Morgan fingerprint density at radius 3 is 2.76 bits per heavy atom. The number of likely N-dealkylation sites (N-methyl/N-ethyl adjacent to an activating group) is 1. The average molecular weight is 462 g/mol. The van der Waals surface area contributed by atoms with Crippen LogP contribution in [0.3, 0.4) is 0 Å². The standard InChI is InChI=1S/C24H25N6O2S/c1-15-14-33-24(26-15)30(32)13-16-7-9-18(10-8-16)27-23-25-12-17-11-21(31)29(2)20-6-4-3-5-19(20)22(17)28-23/h3-4,7-10,12,14,19-20H,5-6,11,13H2,1-2H3,(H,25,27,28)/q-1. The number of anilines is 3. The van der Waals surface area contributed by atoms with E-state index < -0.39 is 0 Å². The molecule has 0 saturated heterocycles. The van der Waals surface area contributed by atoms with E-state index in [0.717, 1.165) is 46.1 Å². The minimum atomic E-state index is 0.110. The Hall–Kier alpha value is -3.30. The number of nitrogens with zero attached hydrogens (tertiary/aromatic N) is 5. The van der Waals surface area contributed by atoms with E-state index in [1.165, 1.54) is 11.3 Å². The number of benzene rings is 1. The van der Waals surface area contributed by atoms with Gasteiger partial charge in [-0.25, -0.2) is 15.0 Å². The van der Waals surface area contributed by atoms with Crippen molar-refractivity contribution < 1.29 is 4.79 Å². The molecule has 8 nitrogen and oxygen atoms in total. The van der Waals surface area contributed by atoms with Crippen LogP contribution in [0.15, 0.2) is 48.0 Å². The maximum absolute atomic E-state index is 12.6. The first-order valence-corrected chi connectivity index (χ1v) is 11.8. The van der Waals surface area contributed by atoms with Crippen molar-refractivity contribution in [1.29, 1.82) is 0 Å². The van der Waals surface area contributed by atoms with E-state index in [4.69, 9.17) is 4.98 Å². The largest absolute Gasteiger partial charge is 0.756 e. The number of thiazole rings is 1. The van der Waals surface area contributed by atoms with Gasteiger partial charge in [-0.15, -0.1) is 11.3 Å². The number of hydrogen-bond donors (Lipinski definition) is 1. The normalized spacial score (nSPS) is 19.6. The summed E-state index contributed by atoms with van der Waals surface area (Å²) >= 11 is 1.35. The molecule has 1 amide bonds. The average Bonchev–Trinajstić information content (AvgIpc) is 3.23. The minimum Gasteiger partial charge on any atom is -0.756 e. The van der Waals surface area contributed by atoms with Crippen LogP contribution in [-0.4, -0.2) is 38.8 Å². The highest BCUT2D eigenvalue weighted by Gasteiger charge is 2.36. The van der Waals surface area contributed by atoms with E-state index in [1.807, 2.05) is 48.5 Å². The van der Waals surface area contributed by atoms with Crippen LogP contribution in [0.5, 0.6) is 0 Å². The van der Waals surface area contributed by atoms with Gasteiger partial charge in [-0.3, -0.25) is 4.79 Å². The third-order valence-electron chi connectivity index (χ3n) is 6.24. The highest BCUT2D eigenvalue weighted by atomic mass is 32.1. The number of hydrogen-bond acceptors (Lipinski definition) is 8. The molecule has 0 fully saturated rings. The van der Waals surface area contributed by atoms with Gasteiger partial charge in [0.15, 0.2) is 5.13 Å². The number of carbonyl (C=O) groups excluding carboxylic acids is 1. The molecule has 0 spiro atoms. The summed E-state index contributed by atoms with van der Waals surface area (Å²) < 4.78 is 0. The summed E-state index contributed by atoms with van der Waals surface area (Å²) in [7, 11) is 1.89. The Morgan fingerprint density at radius 2 is 2.00 bits per heavy atom. The molecule has 0 radical (unpaired) electrons. The van der Waals surface area contributed by atoms with Gasteiger partial charge in [-0.1, -0.05) is 24.3 Å². The summed E-state index contributed by atoms with van der Waals surface area (Å²) in [6.07, 6.45) is 8.14. The fraction of sp³-hybridized carbons (Fsp3) is 0.333. The number of allylic oxidation sites excluding steroid dienone is 1. The lowest BCUT2D eigenvalue weighted by molar-refractivity contribution is -0.131. The topological polar surface area (TPSA) is 97.3 Å². The summed E-state index contributed by atoms with van der Waals surface area (Å²) in [4.78, 5) is 28.0. The lowest BCUT2D eigenvalue weighted by atomic mass is 9.85. The second-order valence-electron chi connectivity index (χ2n) is 8.53. The van der Waals surface area contributed by atoms with Crippen molar-refractivity contribution in [1.82, 2.24) is 19.9 Å². The highest BCUT2D eigenvalue weighted by molar-refractivity contribution is 7.13. The number of carbonyl (C=O) groups is 1. The van der Waals surface area contributed by atoms with Crippen LogP contribution < -0.4 is 10.4 Å². The van der Waals surface area contributed by atoms with Gasteiger partial charge < -0.3 is 20.5 Å². The summed E-state index contributed by atoms with van der Waals surface area (Å²) in [5.74, 6) is 0.791. The van der Waals surface area contributed by atoms with Crippen molar-refractivity contribution in [2.45, 2.75) is 44.7 Å². The molecule has 33 heavy (non-hydrogen) atoms. The van der Waals surface area contributed by atoms with E-state index in [9.17, 15) is 10.0 Å². The number of rotatable bonds is 5. The van der Waals surface area contributed by atoms with Crippen molar-refractivity contribution in [3.05, 3.63) is 75.7 Å². The monoisotopic (exact) mass is 461 g/mol. The number of hydroxylamine groups is 1. The Morgan fingerprint density at radius 1 is 1.21 bits per heavy atom. The first-order valence-electron chi connectivity index (χ1n) is 11.0. The predicted octanol–water partition coefficient (Wildman–Crippen LogP) is 4.31. The zero-order valence-electron chi connectivity index (χ0n) is 18.6. The predicted molar refractivity (Wildman–Crippen MR) is 130 cm³/mol. The van der Waals surface area contributed by atoms with Crippen LogP contribution in [0.25, 0.3) is 0 Å². The molecule has 1 aliphatic carbocycles. The summed E-state index contributed by atoms with van der Waals surface area (Å²) in [5, 5.41) is 18.8. The first kappa shape index (κ1) is 21.5. The molecule has 3 aromatic rings. The van der Waals surface area contributed by atoms with Gasteiger partial charge in [0.1, 0.15) is 0 Å². The second-order valence-corrected chi connectivity index (χ2v) is 9.37. The highest BCUT2D eigenvalue weighted by Crippen LogP contribution is 2.36. The fourth-order valence-corrected chi connectivity index (χ4v) is 5.15. The third kappa shape index (κ3) is 4.46. The van der Waals surface area contributed by atoms with E-state index >= 15 is 0 Å². The third-order valence-corrected chi connectivity index (χ3v) is 7.20. The maximum atomic E-state index is 12.6. The van der Waals surface area contributed by atoms with Crippen LogP contribution in [-0.2, 0) is 17.8 Å². The van der Waals surface area contributed by atoms with Crippen LogP contribution in [0, 0.1) is 12.1 Å². The van der Waals surface area contributed by atoms with Crippen molar-refractivity contribution in [3.63, 3.8) is 0 Å². The fourth-order valence-electron chi connectivity index (χ4n) is 4.44. The number of aromatic nitrogens is 3. The lowest BCUT2D eigenvalue weighted by Gasteiger charge is -2.33. The van der Waals surface area contributed by atoms with Crippen LogP contribution in [0.1, 0.15) is 41.3 Å². The van der Waals surface area contributed by atoms with Crippen LogP contribution >= 0.6 is 11.3 Å². The molecule has 2 atom stereocenters. The molecule has 5 rings (SSSR count). The zero-order valence-corrected chi connectivity index (χ0v) is 19.4. The molecule has 1 N–H and O–H groups in total. The molecule has 0 bridgehead atoms. The SMILES string of the molecule is Cc1csc(N([O-])Cc2ccc(Nc3ncc4c(n3)C3CC=CCC3N(C)C(=O)C4)cc2)n1. The number of nitrogens with one attached hydrogen (secondary N) is 1. The van der Waals surface area contributed by atoms with E-state index in [0.29, 0.717) is 17.5 Å². The minimum absolute atomic E-state index is 0.110. The first-order chi connectivity index (χ1) is 16.0. The molecule has 3 heterocycles. The lowest BCUT2D eigenvalue weighted by Crippen LogP contribution is -2.40. The molecule has 1 aromatic carbocycles. The molecular formula is C24H25N6O2S-. The van der Waals surface area contributed by atoms with Crippen molar-refractivity contribution in [2.75, 3.05) is 17.4 Å². The molecular weight excluding hydrogens is 436 g/mol. The van der Waals surface area contributed by atoms with Gasteiger partial charge in [0.2, 0.25) is 11.9 Å². The van der Waals surface area contributed by atoms with E-state index in [1.54, 1.807) is 6.20 Å². The molecule has 2 aromatic heterocycles. The van der Waals surface area contributed by atoms with Gasteiger partial charge in [-0.2, -0.15) is 0 Å². The van der Waals surface area contributed by atoms with Gasteiger partial charge in [0.25, 0.3) is 0 Å². The molecule has 9 heteroatoms. The number of fused-ring (bicyclic) bond motifs is 3. The number of amides is 1. The molecule has 1 aliphatic heterocycles. The zero-order chi connectivity index (χ0) is 22.9. The van der Waals surface area contributed by atoms with E-state index in [-0.39, 0.29) is 24.4 Å². The van der Waals surface area contributed by atoms with Crippen LogP contribution in [0.2, 0.25) is 0 Å². The summed E-state index contributed by atoms with van der Waals surface area (Å²) in [6, 6.07) is 7.77. The van der Waals surface area contributed by atoms with Gasteiger partial charge in [-0.05, 0) is 37.5 Å². The molecule has 170 valence electrons. The van der Waals surface area contributed by atoms with Gasteiger partial charge in [0.05, 0.1) is 17.8 Å². The Balaban J connectivity index is 1.32. The van der Waals surface area contributed by atoms with Crippen molar-refractivity contribution in [3.8, 4) is 0 Å². The number of aryl methyl sites for hydroxylation is 1. The maximum Gasteiger partial charge on any atom is 0.227 e. The Kier molecular flexibility index (Phi) is 5.82. The van der Waals surface area contributed by atoms with E-state index in [2.05, 4.69) is 27.4 Å². The van der Waals surface area contributed by atoms with Gasteiger partial charge in [0, 0.05) is 48.4 Å². The van der Waals surface area contributed by atoms with Crippen molar-refractivity contribution >= 4 is 34.0 Å². The quantitative estimate of drug-likeness (QED) is 0.447. The Labute approximate surface area is 196 Å². The molecule has 2 aliphatic rings. The van der Waals surface area contributed by atoms with Crippen LogP contribution in [0.4, 0.5) is 16.8 Å². The van der Waals surface area contributed by atoms with Gasteiger partial charge >= 0.3 is 0 Å². The summed E-state index contributed by atoms with van der Waals surface area (Å²) in [5.41, 5.74) is 4.44. The Bertz CT molecular complexity index is 1190. The smallest absolute Gasteiger partial charge is 0.227 e. The second kappa shape index (κ2) is 8.92. The molecule has 0 saturated carbocycles. The summed E-state index contributed by atoms with van der Waals surface area (Å²) in [6.45, 7) is 2.11. The molecule has 2 unspecified atom stereocenters.